The molecule has 0 heterocycles. The third-order valence-corrected chi connectivity index (χ3v) is 4.13. The number of aldehydes is 2. The van der Waals surface area contributed by atoms with Crippen LogP contribution in [0.15, 0.2) is 24.3 Å². The number of carbonyl (C=O) groups excluding carboxylic acids is 2. The molecular formula is C19H17F5O8S. The van der Waals surface area contributed by atoms with Crippen LogP contribution >= 0.6 is 0 Å². The van der Waals surface area contributed by atoms with Gasteiger partial charge in [0.15, 0.2) is 35.6 Å². The van der Waals surface area contributed by atoms with E-state index >= 15 is 0 Å². The molecule has 182 valence electrons. The van der Waals surface area contributed by atoms with Crippen molar-refractivity contribution >= 4 is 22.7 Å². The van der Waals surface area contributed by atoms with Gasteiger partial charge in [0.25, 0.3) is 0 Å². The molecule has 14 heteroatoms. The number of halogens is 5. The molecule has 2 aromatic rings. The van der Waals surface area contributed by atoms with Crippen LogP contribution < -0.4 is 14.2 Å². The van der Waals surface area contributed by atoms with E-state index in [2.05, 4.69) is 0 Å². The molecule has 0 radical (unpaired) electrons. The monoisotopic (exact) mass is 500 g/mol. The first kappa shape index (κ1) is 27.8. The van der Waals surface area contributed by atoms with E-state index in [4.69, 9.17) is 27.2 Å². The average Bonchev–Trinajstić information content (AvgIpc) is 2.71. The number of hydrogen-bond donors (Lipinski definition) is 1. The molecule has 0 atom stereocenters. The highest BCUT2D eigenvalue weighted by Crippen LogP contribution is 2.41. The predicted molar refractivity (Wildman–Crippen MR) is 104 cm³/mol. The fourth-order valence-electron chi connectivity index (χ4n) is 2.18. The Hall–Kier alpha value is -3.26. The summed E-state index contributed by atoms with van der Waals surface area (Å²) in [7, 11) is -5.84. The SMILES string of the molecule is CCOc1ccc(F)c(C=O)c1Oc1c(OCC)ccc(F)c1C=O.O=S(=O)(O)C(F)(F)F. The van der Waals surface area contributed by atoms with Crippen LogP contribution in [0.3, 0.4) is 0 Å². The smallest absolute Gasteiger partial charge is 0.490 e. The predicted octanol–water partition coefficient (Wildman–Crippen LogP) is 4.57. The van der Waals surface area contributed by atoms with E-state index < -0.39 is 38.4 Å². The van der Waals surface area contributed by atoms with Crippen molar-refractivity contribution in [3.8, 4) is 23.0 Å². The van der Waals surface area contributed by atoms with Crippen molar-refractivity contribution in [2.75, 3.05) is 13.2 Å². The quantitative estimate of drug-likeness (QED) is 0.243. The largest absolute Gasteiger partial charge is 0.522 e. The minimum atomic E-state index is -5.84. The molecule has 0 aliphatic heterocycles. The molecule has 0 spiro atoms. The van der Waals surface area contributed by atoms with Crippen molar-refractivity contribution in [3.63, 3.8) is 0 Å². The summed E-state index contributed by atoms with van der Waals surface area (Å²) in [5.41, 5.74) is -6.35. The maximum absolute atomic E-state index is 13.9. The second-order valence-corrected chi connectivity index (χ2v) is 7.11. The van der Waals surface area contributed by atoms with E-state index in [-0.39, 0.29) is 48.8 Å². The van der Waals surface area contributed by atoms with Crippen LogP contribution in [0.25, 0.3) is 0 Å². The molecule has 8 nitrogen and oxygen atoms in total. The van der Waals surface area contributed by atoms with Crippen LogP contribution in [0.2, 0.25) is 0 Å². The van der Waals surface area contributed by atoms with E-state index in [0.717, 1.165) is 12.1 Å². The Morgan fingerprint density at radius 1 is 0.848 bits per heavy atom. The lowest BCUT2D eigenvalue weighted by Gasteiger charge is -2.17. The van der Waals surface area contributed by atoms with Gasteiger partial charge in [-0.1, -0.05) is 0 Å². The maximum atomic E-state index is 13.9. The maximum Gasteiger partial charge on any atom is 0.522 e. The highest BCUT2D eigenvalue weighted by molar-refractivity contribution is 7.86. The molecule has 0 fully saturated rings. The van der Waals surface area contributed by atoms with Gasteiger partial charge < -0.3 is 14.2 Å². The summed E-state index contributed by atoms with van der Waals surface area (Å²) < 4.78 is 102. The van der Waals surface area contributed by atoms with Crippen molar-refractivity contribution < 1.29 is 58.7 Å². The van der Waals surface area contributed by atoms with Crippen molar-refractivity contribution in [1.29, 1.82) is 0 Å². The number of benzene rings is 2. The van der Waals surface area contributed by atoms with Gasteiger partial charge in [-0.05, 0) is 38.1 Å². The Labute approximate surface area is 184 Å². The van der Waals surface area contributed by atoms with Crippen LogP contribution in [0.5, 0.6) is 23.0 Å². The van der Waals surface area contributed by atoms with Gasteiger partial charge in [-0.2, -0.15) is 21.6 Å². The number of ether oxygens (including phenoxy) is 3. The summed E-state index contributed by atoms with van der Waals surface area (Å²) in [5, 5.41) is 0. The van der Waals surface area contributed by atoms with Gasteiger partial charge in [-0.15, -0.1) is 0 Å². The number of rotatable bonds is 8. The molecule has 0 aliphatic carbocycles. The molecule has 0 aliphatic rings. The van der Waals surface area contributed by atoms with E-state index in [9.17, 15) is 31.5 Å². The highest BCUT2D eigenvalue weighted by Gasteiger charge is 2.44. The summed E-state index contributed by atoms with van der Waals surface area (Å²) in [6.45, 7) is 3.83. The van der Waals surface area contributed by atoms with E-state index in [0.29, 0.717) is 0 Å². The van der Waals surface area contributed by atoms with Gasteiger partial charge >= 0.3 is 15.6 Å². The summed E-state index contributed by atoms with van der Waals surface area (Å²) in [4.78, 5) is 22.6. The van der Waals surface area contributed by atoms with Crippen LogP contribution in [0.1, 0.15) is 34.6 Å². The second kappa shape index (κ2) is 11.6. The highest BCUT2D eigenvalue weighted by atomic mass is 32.2. The molecule has 2 aromatic carbocycles. The zero-order valence-corrected chi connectivity index (χ0v) is 17.8. The Bertz CT molecular complexity index is 1030. The van der Waals surface area contributed by atoms with Crippen LogP contribution in [0.4, 0.5) is 22.0 Å². The molecule has 1 N–H and O–H groups in total. The molecule has 0 aromatic heterocycles. The molecule has 0 unspecified atom stereocenters. The summed E-state index contributed by atoms with van der Waals surface area (Å²) in [6, 6.07) is 4.66. The van der Waals surface area contributed by atoms with E-state index in [1.165, 1.54) is 12.1 Å². The zero-order valence-electron chi connectivity index (χ0n) is 17.0. The van der Waals surface area contributed by atoms with Gasteiger partial charge in [0.05, 0.1) is 24.3 Å². The molecule has 0 amide bonds. The first-order chi connectivity index (χ1) is 15.3. The number of alkyl halides is 3. The fourth-order valence-corrected chi connectivity index (χ4v) is 2.18. The number of hydrogen-bond acceptors (Lipinski definition) is 7. The zero-order chi connectivity index (χ0) is 25.4. The lowest BCUT2D eigenvalue weighted by molar-refractivity contribution is -0.0510. The van der Waals surface area contributed by atoms with Gasteiger partial charge in [-0.3, -0.25) is 14.1 Å². The van der Waals surface area contributed by atoms with Gasteiger partial charge in [0.1, 0.15) is 11.6 Å². The van der Waals surface area contributed by atoms with E-state index in [1.54, 1.807) is 13.8 Å². The summed E-state index contributed by atoms with van der Waals surface area (Å²) in [6.07, 6.45) is 0.515. The first-order valence-electron chi connectivity index (χ1n) is 8.84. The van der Waals surface area contributed by atoms with E-state index in [1.807, 2.05) is 0 Å². The molecule has 2 rings (SSSR count). The van der Waals surface area contributed by atoms with Gasteiger partial charge in [0.2, 0.25) is 0 Å². The third kappa shape index (κ3) is 7.12. The minimum absolute atomic E-state index is 0.0783. The summed E-state index contributed by atoms with van der Waals surface area (Å²) >= 11 is 0. The average molecular weight is 500 g/mol. The topological polar surface area (TPSA) is 116 Å². The molecule has 0 saturated carbocycles. The first-order valence-corrected chi connectivity index (χ1v) is 10.3. The number of carbonyl (C=O) groups is 2. The van der Waals surface area contributed by atoms with Crippen LogP contribution in [-0.2, 0) is 10.1 Å². The Balaban J connectivity index is 0.000000582. The Morgan fingerprint density at radius 3 is 1.42 bits per heavy atom. The van der Waals surface area contributed by atoms with Crippen molar-refractivity contribution in [3.05, 3.63) is 47.0 Å². The standard InChI is InChI=1S/C18H16F2O5.CHF3O3S/c1-3-23-15-7-5-13(19)11(9-21)17(15)25-18-12(10-22)14(20)6-8-16(18)24-4-2;2-1(3,4)8(5,6)7/h5-10H,3-4H2,1-2H3;(H,5,6,7). The van der Waals surface area contributed by atoms with Gasteiger partial charge in [-0.25, -0.2) is 8.78 Å². The normalized spacial score (nSPS) is 11.2. The lowest BCUT2D eigenvalue weighted by Crippen LogP contribution is -2.21. The van der Waals surface area contributed by atoms with Crippen LogP contribution in [-0.4, -0.2) is 44.3 Å². The summed E-state index contributed by atoms with van der Waals surface area (Å²) in [5.74, 6) is -2.03. The molecular weight excluding hydrogens is 483 g/mol. The third-order valence-electron chi connectivity index (χ3n) is 3.55. The van der Waals surface area contributed by atoms with Crippen molar-refractivity contribution in [2.24, 2.45) is 0 Å². The van der Waals surface area contributed by atoms with Gasteiger partial charge in [0, 0.05) is 0 Å². The fraction of sp³-hybridized carbons (Fsp3) is 0.263. The second-order valence-electron chi connectivity index (χ2n) is 5.70. The van der Waals surface area contributed by atoms with Crippen molar-refractivity contribution in [2.45, 2.75) is 19.4 Å². The minimum Gasteiger partial charge on any atom is -0.490 e. The molecule has 33 heavy (non-hydrogen) atoms. The Morgan fingerprint density at radius 2 is 1.18 bits per heavy atom. The molecule has 0 bridgehead atoms. The molecule has 0 saturated heterocycles. The Kier molecular flexibility index (Phi) is 9.73. The van der Waals surface area contributed by atoms with Crippen molar-refractivity contribution in [1.82, 2.24) is 0 Å². The lowest BCUT2D eigenvalue weighted by atomic mass is 10.1. The van der Waals surface area contributed by atoms with Crippen LogP contribution in [0, 0.1) is 11.6 Å².